The van der Waals surface area contributed by atoms with Crippen LogP contribution in [0.3, 0.4) is 0 Å². The Kier molecular flexibility index (Phi) is 7.47. The first-order valence-corrected chi connectivity index (χ1v) is 10.6. The fourth-order valence-corrected chi connectivity index (χ4v) is 3.83. The third kappa shape index (κ3) is 4.82. The summed E-state index contributed by atoms with van der Waals surface area (Å²) in [6.45, 7) is 4.20. The molecule has 1 unspecified atom stereocenters. The highest BCUT2D eigenvalue weighted by Crippen LogP contribution is 2.34. The van der Waals surface area contributed by atoms with E-state index in [0.29, 0.717) is 0 Å². The molecule has 0 bridgehead atoms. The fraction of sp³-hybridized carbons (Fsp3) is 0.346. The normalized spacial score (nSPS) is 12.0. The Morgan fingerprint density at radius 2 is 1.57 bits per heavy atom. The van der Waals surface area contributed by atoms with Gasteiger partial charge >= 0.3 is 5.97 Å². The van der Waals surface area contributed by atoms with Crippen molar-refractivity contribution in [1.82, 2.24) is 0 Å². The van der Waals surface area contributed by atoms with Gasteiger partial charge in [0.15, 0.2) is 0 Å². The second kappa shape index (κ2) is 10.3. The Morgan fingerprint density at radius 3 is 2.13 bits per heavy atom. The van der Waals surface area contributed by atoms with Crippen molar-refractivity contribution in [2.24, 2.45) is 0 Å². The lowest BCUT2D eigenvalue weighted by Crippen LogP contribution is -2.21. The minimum absolute atomic E-state index is 0.0151. The monoisotopic (exact) mass is 406 g/mol. The van der Waals surface area contributed by atoms with Crippen LogP contribution < -0.4 is 4.74 Å². The van der Waals surface area contributed by atoms with Crippen LogP contribution in [0, 0.1) is 0 Å². The molecule has 4 nitrogen and oxygen atoms in total. The summed E-state index contributed by atoms with van der Waals surface area (Å²) in [6.07, 6.45) is 2.65. The van der Waals surface area contributed by atoms with Crippen molar-refractivity contribution in [1.29, 1.82) is 0 Å². The van der Waals surface area contributed by atoms with E-state index in [-0.39, 0.29) is 6.61 Å². The number of benzene rings is 3. The second-order valence-corrected chi connectivity index (χ2v) is 7.53. The molecule has 158 valence electrons. The predicted molar refractivity (Wildman–Crippen MR) is 120 cm³/mol. The van der Waals surface area contributed by atoms with E-state index in [1.54, 1.807) is 0 Å². The molecule has 4 heteroatoms. The number of methoxy groups -OCH3 is 1. The minimum Gasteiger partial charge on any atom is -0.473 e. The van der Waals surface area contributed by atoms with Crippen LogP contribution in [0.25, 0.3) is 10.8 Å². The molecule has 0 heterocycles. The number of rotatable bonds is 9. The highest BCUT2D eigenvalue weighted by atomic mass is 16.6. The Labute approximate surface area is 178 Å². The second-order valence-electron chi connectivity index (χ2n) is 7.53. The molecule has 3 aromatic rings. The molecule has 3 rings (SSSR count). The Balaban J connectivity index is 2.08. The molecule has 0 spiro atoms. The van der Waals surface area contributed by atoms with Gasteiger partial charge in [0.25, 0.3) is 0 Å². The van der Waals surface area contributed by atoms with E-state index in [1.165, 1.54) is 7.11 Å². The number of esters is 1. The molecule has 3 aromatic carbocycles. The van der Waals surface area contributed by atoms with Crippen LogP contribution >= 0.6 is 0 Å². The molecule has 0 aliphatic rings. The average Bonchev–Trinajstić information content (AvgIpc) is 2.78. The van der Waals surface area contributed by atoms with Gasteiger partial charge in [-0.2, -0.15) is 0 Å². The highest BCUT2D eigenvalue weighted by Gasteiger charge is 2.26. The standard InChI is InChI=1S/C26H30O4/c1-4-8-21-14-18(17-27)15-22(9-5-2)24(21)30-25(26(28)29-3)23-13-12-19-10-6-7-11-20(19)16-23/h6-7,10-16,25,27H,4-5,8-9,17H2,1-3H3. The SMILES string of the molecule is CCCc1cc(CO)cc(CCC)c1OC(C(=O)OC)c1ccc2ccccc2c1. The fourth-order valence-electron chi connectivity index (χ4n) is 3.83. The molecule has 0 saturated heterocycles. The molecular formula is C26H30O4. The lowest BCUT2D eigenvalue weighted by molar-refractivity contribution is -0.149. The zero-order chi connectivity index (χ0) is 21.5. The number of carbonyl (C=O) groups is 1. The summed E-state index contributed by atoms with van der Waals surface area (Å²) in [5.74, 6) is 0.306. The van der Waals surface area contributed by atoms with Gasteiger partial charge in [0.2, 0.25) is 6.10 Å². The first-order chi connectivity index (χ1) is 14.6. The molecule has 0 saturated carbocycles. The average molecular weight is 407 g/mol. The largest absolute Gasteiger partial charge is 0.473 e. The zero-order valence-electron chi connectivity index (χ0n) is 18.0. The molecule has 1 atom stereocenters. The Bertz CT molecular complexity index is 982. The maximum Gasteiger partial charge on any atom is 0.351 e. The van der Waals surface area contributed by atoms with Crippen molar-refractivity contribution < 1.29 is 19.4 Å². The number of aryl methyl sites for hydroxylation is 2. The first kappa shape index (κ1) is 21.8. The number of ether oxygens (including phenoxy) is 2. The minimum atomic E-state index is -0.856. The zero-order valence-corrected chi connectivity index (χ0v) is 18.0. The summed E-state index contributed by atoms with van der Waals surface area (Å²) in [6, 6.07) is 17.9. The maximum atomic E-state index is 12.7. The van der Waals surface area contributed by atoms with Gasteiger partial charge in [-0.15, -0.1) is 0 Å². The number of aliphatic hydroxyl groups is 1. The smallest absolute Gasteiger partial charge is 0.351 e. The summed E-state index contributed by atoms with van der Waals surface area (Å²) in [7, 11) is 1.38. The van der Waals surface area contributed by atoms with E-state index in [9.17, 15) is 9.90 Å². The quantitative estimate of drug-likeness (QED) is 0.475. The molecule has 0 amide bonds. The van der Waals surface area contributed by atoms with Crippen LogP contribution in [-0.2, 0) is 29.0 Å². The molecule has 0 aliphatic carbocycles. The summed E-state index contributed by atoms with van der Waals surface area (Å²) in [4.78, 5) is 12.7. The first-order valence-electron chi connectivity index (χ1n) is 10.6. The number of aliphatic hydroxyl groups excluding tert-OH is 1. The molecule has 0 radical (unpaired) electrons. The maximum absolute atomic E-state index is 12.7. The lowest BCUT2D eigenvalue weighted by atomic mass is 9.97. The summed E-state index contributed by atoms with van der Waals surface area (Å²) < 4.78 is 11.5. The molecule has 1 N–H and O–H groups in total. The topological polar surface area (TPSA) is 55.8 Å². The van der Waals surface area contributed by atoms with Crippen LogP contribution in [0.15, 0.2) is 54.6 Å². The van der Waals surface area contributed by atoms with Gasteiger partial charge in [0, 0.05) is 5.56 Å². The van der Waals surface area contributed by atoms with E-state index >= 15 is 0 Å². The van der Waals surface area contributed by atoms with Gasteiger partial charge in [-0.05, 0) is 58.5 Å². The van der Waals surface area contributed by atoms with Gasteiger partial charge in [-0.3, -0.25) is 0 Å². The van der Waals surface area contributed by atoms with E-state index in [1.807, 2.05) is 54.6 Å². The third-order valence-electron chi connectivity index (χ3n) is 5.25. The van der Waals surface area contributed by atoms with E-state index in [0.717, 1.165) is 64.5 Å². The van der Waals surface area contributed by atoms with Crippen molar-refractivity contribution in [2.75, 3.05) is 7.11 Å². The van der Waals surface area contributed by atoms with Crippen LogP contribution in [-0.4, -0.2) is 18.2 Å². The van der Waals surface area contributed by atoms with Crippen molar-refractivity contribution >= 4 is 16.7 Å². The van der Waals surface area contributed by atoms with Crippen LogP contribution in [0.1, 0.15) is 55.0 Å². The van der Waals surface area contributed by atoms with Crippen molar-refractivity contribution in [3.8, 4) is 5.75 Å². The van der Waals surface area contributed by atoms with Gasteiger partial charge < -0.3 is 14.6 Å². The van der Waals surface area contributed by atoms with E-state index in [4.69, 9.17) is 9.47 Å². The Morgan fingerprint density at radius 1 is 0.933 bits per heavy atom. The molecule has 0 aromatic heterocycles. The van der Waals surface area contributed by atoms with Crippen LogP contribution in [0.5, 0.6) is 5.75 Å². The highest BCUT2D eigenvalue weighted by molar-refractivity contribution is 5.85. The molecular weight excluding hydrogens is 376 g/mol. The van der Waals surface area contributed by atoms with Gasteiger partial charge in [0.1, 0.15) is 5.75 Å². The predicted octanol–water partition coefficient (Wildman–Crippen LogP) is 5.53. The lowest BCUT2D eigenvalue weighted by Gasteiger charge is -2.23. The summed E-state index contributed by atoms with van der Waals surface area (Å²) in [5, 5.41) is 11.8. The van der Waals surface area contributed by atoms with Crippen LogP contribution in [0.4, 0.5) is 0 Å². The molecule has 0 fully saturated rings. The van der Waals surface area contributed by atoms with E-state index < -0.39 is 12.1 Å². The van der Waals surface area contributed by atoms with Crippen molar-refractivity contribution in [3.63, 3.8) is 0 Å². The third-order valence-corrected chi connectivity index (χ3v) is 5.25. The Hall–Kier alpha value is -2.85. The number of hydrogen-bond acceptors (Lipinski definition) is 4. The van der Waals surface area contributed by atoms with Crippen LogP contribution in [0.2, 0.25) is 0 Å². The molecule has 30 heavy (non-hydrogen) atoms. The number of hydrogen-bond donors (Lipinski definition) is 1. The number of fused-ring (bicyclic) bond motifs is 1. The number of carbonyl (C=O) groups excluding carboxylic acids is 1. The van der Waals surface area contributed by atoms with E-state index in [2.05, 4.69) is 13.8 Å². The van der Waals surface area contributed by atoms with Crippen molar-refractivity contribution in [3.05, 3.63) is 76.9 Å². The van der Waals surface area contributed by atoms with Gasteiger partial charge in [0.05, 0.1) is 13.7 Å². The van der Waals surface area contributed by atoms with Gasteiger partial charge in [-0.1, -0.05) is 63.1 Å². The summed E-state index contributed by atoms with van der Waals surface area (Å²) >= 11 is 0. The summed E-state index contributed by atoms with van der Waals surface area (Å²) in [5.41, 5.74) is 3.66. The van der Waals surface area contributed by atoms with Gasteiger partial charge in [-0.25, -0.2) is 4.79 Å². The van der Waals surface area contributed by atoms with Crippen molar-refractivity contribution in [2.45, 2.75) is 52.2 Å². The molecule has 0 aliphatic heterocycles.